The summed E-state index contributed by atoms with van der Waals surface area (Å²) in [5.74, 6) is -4.64. The van der Waals surface area contributed by atoms with Crippen LogP contribution in [-0.2, 0) is 39.8 Å². The van der Waals surface area contributed by atoms with Crippen molar-refractivity contribution in [1.29, 1.82) is 0 Å². The standard InChI is InChI=1S/C27H37F2N3O8/c1-4-5-6-7-11-39-27(37)31-21(14-18-12-19(28)15-20(29)13-18)24(34)30-22(25(35)38-3)16-40-26(36)23-9-8-10-32(23)17(2)33/h12-13,15,21-23H,4-11,14,16H2,1-3H3,(H,30,34)(H,31,37)/t21-,22-,23?/m0/s1. The van der Waals surface area contributed by atoms with Crippen LogP contribution in [-0.4, -0.2) is 79.7 Å². The fourth-order valence-electron chi connectivity index (χ4n) is 4.28. The molecular weight excluding hydrogens is 532 g/mol. The molecule has 1 fully saturated rings. The Morgan fingerprint density at radius 1 is 1.00 bits per heavy atom. The fourth-order valence-corrected chi connectivity index (χ4v) is 4.28. The van der Waals surface area contributed by atoms with Crippen molar-refractivity contribution < 1.29 is 47.0 Å². The molecule has 0 bridgehead atoms. The van der Waals surface area contributed by atoms with Gasteiger partial charge in [0, 0.05) is 26.0 Å². The number of hydrogen-bond acceptors (Lipinski definition) is 8. The van der Waals surface area contributed by atoms with Gasteiger partial charge in [0.1, 0.15) is 30.3 Å². The number of likely N-dealkylation sites (tertiary alicyclic amines) is 1. The van der Waals surface area contributed by atoms with Crippen molar-refractivity contribution in [3.05, 3.63) is 35.4 Å². The Kier molecular flexibility index (Phi) is 13.3. The topological polar surface area (TPSA) is 140 Å². The first kappa shape index (κ1) is 32.4. The molecule has 2 N–H and O–H groups in total. The molecule has 1 unspecified atom stereocenters. The molecule has 1 aliphatic heterocycles. The summed E-state index contributed by atoms with van der Waals surface area (Å²) in [5, 5.41) is 4.72. The van der Waals surface area contributed by atoms with E-state index in [1.807, 2.05) is 6.92 Å². The molecule has 3 amide bonds. The molecule has 13 heteroatoms. The number of carbonyl (C=O) groups is 5. The summed E-state index contributed by atoms with van der Waals surface area (Å²) >= 11 is 0. The zero-order valence-corrected chi connectivity index (χ0v) is 23.0. The molecule has 1 aromatic rings. The quantitative estimate of drug-likeness (QED) is 0.198. The van der Waals surface area contributed by atoms with Crippen LogP contribution in [0.3, 0.4) is 0 Å². The Morgan fingerprint density at radius 3 is 2.33 bits per heavy atom. The minimum absolute atomic E-state index is 0.0625. The van der Waals surface area contributed by atoms with Gasteiger partial charge >= 0.3 is 18.0 Å². The number of ether oxygens (including phenoxy) is 3. The summed E-state index contributed by atoms with van der Waals surface area (Å²) in [6.45, 7) is 3.26. The van der Waals surface area contributed by atoms with E-state index in [9.17, 15) is 32.8 Å². The van der Waals surface area contributed by atoms with Crippen LogP contribution in [0.4, 0.5) is 13.6 Å². The van der Waals surface area contributed by atoms with E-state index < -0.39 is 60.3 Å². The van der Waals surface area contributed by atoms with Crippen molar-refractivity contribution in [2.45, 2.75) is 76.9 Å². The molecule has 3 atom stereocenters. The summed E-state index contributed by atoms with van der Waals surface area (Å²) in [7, 11) is 1.07. The third kappa shape index (κ3) is 10.4. The highest BCUT2D eigenvalue weighted by Gasteiger charge is 2.35. The van der Waals surface area contributed by atoms with Gasteiger partial charge in [-0.2, -0.15) is 0 Å². The van der Waals surface area contributed by atoms with Crippen LogP contribution < -0.4 is 10.6 Å². The van der Waals surface area contributed by atoms with Crippen LogP contribution in [0, 0.1) is 11.6 Å². The van der Waals surface area contributed by atoms with Gasteiger partial charge in [0.05, 0.1) is 13.7 Å². The number of nitrogens with one attached hydrogen (secondary N) is 2. The molecule has 0 saturated carbocycles. The van der Waals surface area contributed by atoms with Gasteiger partial charge in [-0.25, -0.2) is 23.2 Å². The zero-order valence-electron chi connectivity index (χ0n) is 23.0. The van der Waals surface area contributed by atoms with Crippen molar-refractivity contribution in [2.75, 3.05) is 26.9 Å². The summed E-state index contributed by atoms with van der Waals surface area (Å²) in [5.41, 5.74) is 0.0625. The molecule has 40 heavy (non-hydrogen) atoms. The zero-order chi connectivity index (χ0) is 29.7. The summed E-state index contributed by atoms with van der Waals surface area (Å²) in [6.07, 6.45) is 3.16. The van der Waals surface area contributed by atoms with E-state index in [0.29, 0.717) is 31.9 Å². The molecule has 0 spiro atoms. The molecular formula is C27H37F2N3O8. The van der Waals surface area contributed by atoms with Crippen LogP contribution in [0.5, 0.6) is 0 Å². The monoisotopic (exact) mass is 569 g/mol. The lowest BCUT2D eigenvalue weighted by Gasteiger charge is -2.24. The molecule has 11 nitrogen and oxygen atoms in total. The van der Waals surface area contributed by atoms with Gasteiger partial charge in [-0.15, -0.1) is 0 Å². The number of alkyl carbamates (subject to hydrolysis) is 1. The van der Waals surface area contributed by atoms with Gasteiger partial charge < -0.3 is 29.7 Å². The van der Waals surface area contributed by atoms with E-state index in [-0.39, 0.29) is 24.5 Å². The minimum Gasteiger partial charge on any atom is -0.467 e. The Hall–Kier alpha value is -3.77. The molecule has 222 valence electrons. The van der Waals surface area contributed by atoms with Crippen LogP contribution in [0.1, 0.15) is 57.9 Å². The normalized spacial score (nSPS) is 16.0. The van der Waals surface area contributed by atoms with Gasteiger partial charge in [-0.3, -0.25) is 9.59 Å². The summed E-state index contributed by atoms with van der Waals surface area (Å²) in [6, 6.07) is -1.01. The number of nitrogens with zero attached hydrogens (tertiary/aromatic N) is 1. The number of esters is 2. The van der Waals surface area contributed by atoms with Crippen LogP contribution in [0.15, 0.2) is 18.2 Å². The molecule has 1 aromatic carbocycles. The van der Waals surface area contributed by atoms with Gasteiger partial charge in [-0.1, -0.05) is 26.2 Å². The Labute approximate surface area is 231 Å². The molecule has 1 aliphatic rings. The maximum absolute atomic E-state index is 13.8. The fraction of sp³-hybridized carbons (Fsp3) is 0.593. The van der Waals surface area contributed by atoms with E-state index in [1.54, 1.807) is 0 Å². The van der Waals surface area contributed by atoms with E-state index in [4.69, 9.17) is 14.2 Å². The minimum atomic E-state index is -1.47. The van der Waals surface area contributed by atoms with Gasteiger partial charge in [0.15, 0.2) is 6.04 Å². The second kappa shape index (κ2) is 16.4. The number of halogens is 2. The van der Waals surface area contributed by atoms with Crippen molar-refractivity contribution in [3.63, 3.8) is 0 Å². The Bertz CT molecular complexity index is 1030. The lowest BCUT2D eigenvalue weighted by Crippen LogP contribution is -2.54. The third-order valence-corrected chi connectivity index (χ3v) is 6.33. The van der Waals surface area contributed by atoms with Crippen molar-refractivity contribution in [3.8, 4) is 0 Å². The van der Waals surface area contributed by atoms with Crippen LogP contribution >= 0.6 is 0 Å². The average Bonchev–Trinajstić information content (AvgIpc) is 3.40. The number of rotatable bonds is 14. The second-order valence-electron chi connectivity index (χ2n) is 9.46. The largest absolute Gasteiger partial charge is 0.467 e. The molecule has 1 heterocycles. The first-order chi connectivity index (χ1) is 19.0. The molecule has 0 radical (unpaired) electrons. The van der Waals surface area contributed by atoms with E-state index in [0.717, 1.165) is 38.5 Å². The number of benzene rings is 1. The predicted molar refractivity (Wildman–Crippen MR) is 138 cm³/mol. The SMILES string of the molecule is CCCCCCOC(=O)N[C@@H](Cc1cc(F)cc(F)c1)C(=O)N[C@@H](COC(=O)C1CCCN1C(C)=O)C(=O)OC. The highest BCUT2D eigenvalue weighted by atomic mass is 19.1. The highest BCUT2D eigenvalue weighted by Crippen LogP contribution is 2.18. The van der Waals surface area contributed by atoms with Gasteiger partial charge in [0.25, 0.3) is 0 Å². The highest BCUT2D eigenvalue weighted by molar-refractivity contribution is 5.90. The molecule has 0 aromatic heterocycles. The second-order valence-corrected chi connectivity index (χ2v) is 9.46. The lowest BCUT2D eigenvalue weighted by molar-refractivity contribution is -0.157. The van der Waals surface area contributed by atoms with Gasteiger partial charge in [-0.05, 0) is 37.0 Å². The Morgan fingerprint density at radius 2 is 1.70 bits per heavy atom. The Balaban J connectivity index is 2.11. The van der Waals surface area contributed by atoms with Crippen LogP contribution in [0.2, 0.25) is 0 Å². The third-order valence-electron chi connectivity index (χ3n) is 6.33. The van der Waals surface area contributed by atoms with E-state index in [1.165, 1.54) is 11.8 Å². The maximum atomic E-state index is 13.8. The number of hydrogen-bond donors (Lipinski definition) is 2. The summed E-state index contributed by atoms with van der Waals surface area (Å²) < 4.78 is 42.6. The van der Waals surface area contributed by atoms with Crippen molar-refractivity contribution in [1.82, 2.24) is 15.5 Å². The van der Waals surface area contributed by atoms with Crippen LogP contribution in [0.25, 0.3) is 0 Å². The first-order valence-corrected chi connectivity index (χ1v) is 13.3. The number of unbranched alkanes of at least 4 members (excludes halogenated alkanes) is 3. The number of carbonyl (C=O) groups excluding carboxylic acids is 5. The van der Waals surface area contributed by atoms with Crippen molar-refractivity contribution in [2.24, 2.45) is 0 Å². The summed E-state index contributed by atoms with van der Waals surface area (Å²) in [4.78, 5) is 63.6. The van der Waals surface area contributed by atoms with E-state index in [2.05, 4.69) is 10.6 Å². The first-order valence-electron chi connectivity index (χ1n) is 13.3. The maximum Gasteiger partial charge on any atom is 0.407 e. The van der Waals surface area contributed by atoms with Gasteiger partial charge in [0.2, 0.25) is 11.8 Å². The molecule has 0 aliphatic carbocycles. The number of amides is 3. The lowest BCUT2D eigenvalue weighted by atomic mass is 10.0. The van der Waals surface area contributed by atoms with Crippen molar-refractivity contribution >= 4 is 29.8 Å². The molecule has 1 saturated heterocycles. The smallest absolute Gasteiger partial charge is 0.407 e. The predicted octanol–water partition coefficient (Wildman–Crippen LogP) is 2.39. The van der Waals surface area contributed by atoms with E-state index >= 15 is 0 Å². The average molecular weight is 570 g/mol. The number of methoxy groups -OCH3 is 1. The molecule has 2 rings (SSSR count).